The molecule has 2 aromatic rings. The molecular formula is C25H34N6OS. The van der Waals surface area contributed by atoms with Gasteiger partial charge in [0.15, 0.2) is 0 Å². The van der Waals surface area contributed by atoms with Gasteiger partial charge in [-0.25, -0.2) is 4.98 Å². The quantitative estimate of drug-likeness (QED) is 0.263. The molecule has 33 heavy (non-hydrogen) atoms. The molecule has 0 spiro atoms. The van der Waals surface area contributed by atoms with E-state index in [0.717, 1.165) is 74.0 Å². The second-order valence-corrected chi connectivity index (χ2v) is 10.5. The van der Waals surface area contributed by atoms with E-state index in [4.69, 9.17) is 5.10 Å². The Kier molecular flexibility index (Phi) is 7.04. The number of amidine groups is 1. The Morgan fingerprint density at radius 3 is 2.67 bits per heavy atom. The van der Waals surface area contributed by atoms with Crippen molar-refractivity contribution < 1.29 is 4.79 Å². The van der Waals surface area contributed by atoms with Crippen LogP contribution in [0.1, 0.15) is 50.0 Å². The van der Waals surface area contributed by atoms with Crippen LogP contribution in [0.5, 0.6) is 0 Å². The number of likely N-dealkylation sites (tertiary alicyclic amines) is 1. The minimum atomic E-state index is -0.210. The average Bonchev–Trinajstić information content (AvgIpc) is 3.25. The van der Waals surface area contributed by atoms with E-state index in [9.17, 15) is 4.79 Å². The van der Waals surface area contributed by atoms with Gasteiger partial charge < -0.3 is 21.0 Å². The number of thiazole rings is 1. The largest absolute Gasteiger partial charge is 0.315 e. The summed E-state index contributed by atoms with van der Waals surface area (Å²) in [5.74, 6) is 0.788. The maximum atomic E-state index is 13.2. The molecule has 3 N–H and O–H groups in total. The smallest absolute Gasteiger partial charge is 0.259 e. The van der Waals surface area contributed by atoms with E-state index in [2.05, 4.69) is 32.5 Å². The van der Waals surface area contributed by atoms with E-state index in [1.54, 1.807) is 0 Å². The molecule has 7 nitrogen and oxygen atoms in total. The lowest BCUT2D eigenvalue weighted by atomic mass is 9.87. The van der Waals surface area contributed by atoms with Crippen molar-refractivity contribution in [3.8, 4) is 0 Å². The third-order valence-electron chi connectivity index (χ3n) is 7.24. The zero-order valence-electron chi connectivity index (χ0n) is 19.2. The predicted octanol–water partition coefficient (Wildman–Crippen LogP) is 3.35. The third-order valence-corrected chi connectivity index (χ3v) is 8.34. The van der Waals surface area contributed by atoms with Crippen molar-refractivity contribution >= 4 is 38.9 Å². The standard InChI is InChI=1S/C25H34N6OS/c1-17(25-27-21-9-2-3-10-22(21)33-25)24(32)28-23(30-29-19-6-5-13-26-16-19)18-11-14-31(15-12-18)20-7-4-8-20/h2-3,9-10,18-20,26,29H,1,4-8,11-16H2,(H,28,30,32). The van der Waals surface area contributed by atoms with Crippen LogP contribution in [0.2, 0.25) is 0 Å². The monoisotopic (exact) mass is 466 g/mol. The van der Waals surface area contributed by atoms with Gasteiger partial charge in [-0.3, -0.25) is 4.79 Å². The molecule has 2 saturated heterocycles. The summed E-state index contributed by atoms with van der Waals surface area (Å²) >= 11 is 1.50. The number of carbonyl (C=O) groups excluding carboxylic acids is 1. The van der Waals surface area contributed by atoms with Gasteiger partial charge in [0.1, 0.15) is 10.8 Å². The molecule has 1 amide bonds. The summed E-state index contributed by atoms with van der Waals surface area (Å²) in [4.78, 5) is 20.4. The van der Waals surface area contributed by atoms with Gasteiger partial charge in [-0.15, -0.1) is 11.3 Å². The average molecular weight is 467 g/mol. The first kappa shape index (κ1) is 22.5. The van der Waals surface area contributed by atoms with Crippen molar-refractivity contribution in [2.24, 2.45) is 11.0 Å². The Morgan fingerprint density at radius 2 is 1.97 bits per heavy atom. The summed E-state index contributed by atoms with van der Waals surface area (Å²) in [5, 5.41) is 11.9. The van der Waals surface area contributed by atoms with Gasteiger partial charge in [-0.1, -0.05) is 25.1 Å². The first-order valence-electron chi connectivity index (χ1n) is 12.3. The summed E-state index contributed by atoms with van der Waals surface area (Å²) < 4.78 is 1.06. The maximum absolute atomic E-state index is 13.2. The van der Waals surface area contributed by atoms with Crippen LogP contribution >= 0.6 is 11.3 Å². The number of para-hydroxylation sites is 1. The van der Waals surface area contributed by atoms with E-state index < -0.39 is 0 Å². The summed E-state index contributed by atoms with van der Waals surface area (Å²) in [5.41, 5.74) is 4.63. The zero-order valence-corrected chi connectivity index (χ0v) is 20.0. The maximum Gasteiger partial charge on any atom is 0.259 e. The van der Waals surface area contributed by atoms with Gasteiger partial charge in [0, 0.05) is 18.5 Å². The van der Waals surface area contributed by atoms with Gasteiger partial charge in [0.05, 0.1) is 21.8 Å². The Balaban J connectivity index is 1.27. The molecule has 8 heteroatoms. The summed E-state index contributed by atoms with van der Waals surface area (Å²) in [7, 11) is 0. The van der Waals surface area contributed by atoms with Crippen LogP contribution in [-0.2, 0) is 4.79 Å². The molecule has 3 fully saturated rings. The molecule has 0 radical (unpaired) electrons. The molecule has 0 bridgehead atoms. The van der Waals surface area contributed by atoms with Gasteiger partial charge in [-0.05, 0) is 70.3 Å². The minimum Gasteiger partial charge on any atom is -0.315 e. The number of hydrazone groups is 1. The van der Waals surface area contributed by atoms with Crippen molar-refractivity contribution in [2.45, 2.75) is 57.0 Å². The number of piperidine rings is 2. The van der Waals surface area contributed by atoms with Gasteiger partial charge in [-0.2, -0.15) is 5.10 Å². The van der Waals surface area contributed by atoms with E-state index in [1.807, 2.05) is 24.3 Å². The number of benzene rings is 1. The number of amides is 1. The molecule has 1 aromatic heterocycles. The van der Waals surface area contributed by atoms with Crippen molar-refractivity contribution in [1.82, 2.24) is 25.9 Å². The number of fused-ring (bicyclic) bond motifs is 1. The number of nitrogens with one attached hydrogen (secondary N) is 3. The molecule has 3 heterocycles. The molecule has 3 aliphatic rings. The Morgan fingerprint density at radius 1 is 1.15 bits per heavy atom. The highest BCUT2D eigenvalue weighted by Crippen LogP contribution is 2.30. The van der Waals surface area contributed by atoms with Crippen LogP contribution in [-0.4, -0.2) is 59.9 Å². The fourth-order valence-electron chi connectivity index (χ4n) is 4.92. The van der Waals surface area contributed by atoms with Crippen LogP contribution in [0.4, 0.5) is 0 Å². The van der Waals surface area contributed by atoms with Crippen molar-refractivity contribution in [3.05, 3.63) is 35.9 Å². The minimum absolute atomic E-state index is 0.210. The highest BCUT2D eigenvalue weighted by molar-refractivity contribution is 7.19. The van der Waals surface area contributed by atoms with E-state index >= 15 is 0 Å². The molecule has 176 valence electrons. The lowest BCUT2D eigenvalue weighted by molar-refractivity contribution is -0.114. The highest BCUT2D eigenvalue weighted by atomic mass is 32.1. The van der Waals surface area contributed by atoms with E-state index in [-0.39, 0.29) is 11.8 Å². The van der Waals surface area contributed by atoms with Crippen molar-refractivity contribution in [1.29, 1.82) is 0 Å². The van der Waals surface area contributed by atoms with Crippen LogP contribution in [0.3, 0.4) is 0 Å². The number of nitrogens with zero attached hydrogens (tertiary/aromatic N) is 3. The van der Waals surface area contributed by atoms with Crippen molar-refractivity contribution in [2.75, 3.05) is 26.2 Å². The molecule has 1 unspecified atom stereocenters. The Labute approximate surface area is 199 Å². The first-order chi connectivity index (χ1) is 16.2. The molecule has 5 rings (SSSR count). The van der Waals surface area contributed by atoms with Crippen LogP contribution < -0.4 is 16.1 Å². The van der Waals surface area contributed by atoms with Crippen LogP contribution in [0, 0.1) is 5.92 Å². The molecular weight excluding hydrogens is 432 g/mol. The SMILES string of the molecule is C=C(C(=O)N/C(=N\NC1CCCNC1)C1CCN(C2CCC2)CC1)c1nc2ccccc2s1. The molecule has 1 saturated carbocycles. The number of hydrogen-bond acceptors (Lipinski definition) is 7. The normalized spacial score (nSPS) is 23.3. The van der Waals surface area contributed by atoms with Crippen LogP contribution in [0.15, 0.2) is 35.9 Å². The van der Waals surface area contributed by atoms with Gasteiger partial charge >= 0.3 is 0 Å². The van der Waals surface area contributed by atoms with Gasteiger partial charge in [0.25, 0.3) is 5.91 Å². The second-order valence-electron chi connectivity index (χ2n) is 9.48. The third kappa shape index (κ3) is 5.28. The molecule has 1 aromatic carbocycles. The fraction of sp³-hybridized carbons (Fsp3) is 0.560. The van der Waals surface area contributed by atoms with Crippen molar-refractivity contribution in [3.63, 3.8) is 0 Å². The Bertz CT molecular complexity index is 982. The van der Waals surface area contributed by atoms with E-state index in [0.29, 0.717) is 16.6 Å². The number of rotatable bonds is 6. The lowest BCUT2D eigenvalue weighted by Crippen LogP contribution is -2.49. The number of hydrogen-bond donors (Lipinski definition) is 3. The second kappa shape index (κ2) is 10.3. The first-order valence-corrected chi connectivity index (χ1v) is 13.1. The fourth-order valence-corrected chi connectivity index (χ4v) is 5.86. The molecule has 1 aliphatic carbocycles. The highest BCUT2D eigenvalue weighted by Gasteiger charge is 2.31. The number of aromatic nitrogens is 1. The Hall–Kier alpha value is -2.29. The van der Waals surface area contributed by atoms with E-state index in [1.165, 1.54) is 30.6 Å². The topological polar surface area (TPSA) is 81.6 Å². The van der Waals surface area contributed by atoms with Crippen LogP contribution in [0.25, 0.3) is 15.8 Å². The summed E-state index contributed by atoms with van der Waals surface area (Å²) in [6, 6.07) is 9.00. The number of carbonyl (C=O) groups is 1. The van der Waals surface area contributed by atoms with Gasteiger partial charge in [0.2, 0.25) is 0 Å². The molecule has 1 atom stereocenters. The lowest BCUT2D eigenvalue weighted by Gasteiger charge is -2.42. The summed E-state index contributed by atoms with van der Waals surface area (Å²) in [6.07, 6.45) is 8.31. The zero-order chi connectivity index (χ0) is 22.6. The summed E-state index contributed by atoms with van der Waals surface area (Å²) in [6.45, 7) is 8.19. The molecule has 2 aliphatic heterocycles. The predicted molar refractivity (Wildman–Crippen MR) is 135 cm³/mol.